The SMILES string of the molecule is CCCCN(c1ccc(Cl)cc1-c1nnc(C(C)C)n1CC)S(=O)(=O)c1ccccc1. The molecule has 0 amide bonds. The molecule has 0 bridgehead atoms. The van der Waals surface area contributed by atoms with Gasteiger partial charge in [-0.2, -0.15) is 0 Å². The fourth-order valence-corrected chi connectivity index (χ4v) is 5.26. The van der Waals surface area contributed by atoms with E-state index in [4.69, 9.17) is 11.6 Å². The third-order valence-electron chi connectivity index (χ3n) is 5.13. The van der Waals surface area contributed by atoms with Crippen molar-refractivity contribution < 1.29 is 8.42 Å². The number of unbranched alkanes of at least 4 members (excludes halogenated alkanes) is 1. The van der Waals surface area contributed by atoms with Crippen LogP contribution in [0.1, 0.15) is 52.3 Å². The maximum atomic E-state index is 13.6. The van der Waals surface area contributed by atoms with Crippen LogP contribution < -0.4 is 4.31 Å². The summed E-state index contributed by atoms with van der Waals surface area (Å²) in [4.78, 5) is 0.256. The summed E-state index contributed by atoms with van der Waals surface area (Å²) < 4.78 is 30.7. The van der Waals surface area contributed by atoms with Gasteiger partial charge in [-0.1, -0.05) is 57.0 Å². The summed E-state index contributed by atoms with van der Waals surface area (Å²) in [7, 11) is -3.77. The van der Waals surface area contributed by atoms with Crippen LogP contribution in [0.4, 0.5) is 5.69 Å². The third kappa shape index (κ3) is 4.77. The summed E-state index contributed by atoms with van der Waals surface area (Å²) in [6, 6.07) is 13.8. The Balaban J connectivity index is 2.23. The first kappa shape index (κ1) is 23.3. The number of rotatable bonds is 9. The third-order valence-corrected chi connectivity index (χ3v) is 7.19. The molecular weight excluding hydrogens is 432 g/mol. The minimum absolute atomic E-state index is 0.188. The van der Waals surface area contributed by atoms with Gasteiger partial charge in [-0.3, -0.25) is 4.31 Å². The van der Waals surface area contributed by atoms with Crippen molar-refractivity contribution in [1.29, 1.82) is 0 Å². The van der Waals surface area contributed by atoms with Crippen molar-refractivity contribution >= 4 is 27.3 Å². The number of halogens is 1. The molecule has 1 aromatic heterocycles. The van der Waals surface area contributed by atoms with Crippen molar-refractivity contribution in [1.82, 2.24) is 14.8 Å². The van der Waals surface area contributed by atoms with Gasteiger partial charge in [-0.15, -0.1) is 10.2 Å². The molecule has 166 valence electrons. The smallest absolute Gasteiger partial charge is 0.264 e. The lowest BCUT2D eigenvalue weighted by atomic mass is 10.1. The van der Waals surface area contributed by atoms with E-state index in [0.29, 0.717) is 35.2 Å². The predicted molar refractivity (Wildman–Crippen MR) is 126 cm³/mol. The summed E-state index contributed by atoms with van der Waals surface area (Å²) in [5.74, 6) is 1.66. The minimum Gasteiger partial charge on any atom is -0.311 e. The van der Waals surface area contributed by atoms with Gasteiger partial charge in [0.15, 0.2) is 5.82 Å². The standard InChI is InChI=1S/C23H29ClN4O2S/c1-5-7-15-28(31(29,30)19-11-9-8-10-12-19)21-14-13-18(24)16-20(21)23-26-25-22(17(3)4)27(23)6-2/h8-14,16-17H,5-7,15H2,1-4H3. The van der Waals surface area contributed by atoms with Crippen LogP contribution in [-0.4, -0.2) is 29.7 Å². The Bertz CT molecular complexity index is 1130. The lowest BCUT2D eigenvalue weighted by Crippen LogP contribution is -2.32. The van der Waals surface area contributed by atoms with Crippen molar-refractivity contribution in [3.05, 3.63) is 59.4 Å². The Labute approximate surface area is 189 Å². The van der Waals surface area contributed by atoms with Crippen LogP contribution in [0.15, 0.2) is 53.4 Å². The summed E-state index contributed by atoms with van der Waals surface area (Å²) in [5.41, 5.74) is 1.21. The Kier molecular flexibility index (Phi) is 7.38. The maximum Gasteiger partial charge on any atom is 0.264 e. The highest BCUT2D eigenvalue weighted by molar-refractivity contribution is 7.92. The van der Waals surface area contributed by atoms with Gasteiger partial charge < -0.3 is 4.57 Å². The first-order valence-corrected chi connectivity index (χ1v) is 12.4. The van der Waals surface area contributed by atoms with E-state index < -0.39 is 10.0 Å². The van der Waals surface area contributed by atoms with Gasteiger partial charge >= 0.3 is 0 Å². The van der Waals surface area contributed by atoms with E-state index in [9.17, 15) is 8.42 Å². The zero-order valence-electron chi connectivity index (χ0n) is 18.4. The van der Waals surface area contributed by atoms with Gasteiger partial charge in [0.2, 0.25) is 0 Å². The molecule has 0 aliphatic heterocycles. The summed E-state index contributed by atoms with van der Waals surface area (Å²) in [6.07, 6.45) is 1.60. The largest absolute Gasteiger partial charge is 0.311 e. The van der Waals surface area contributed by atoms with Gasteiger partial charge in [-0.25, -0.2) is 8.42 Å². The molecule has 1 heterocycles. The summed E-state index contributed by atoms with van der Waals surface area (Å²) in [6.45, 7) is 9.22. The van der Waals surface area contributed by atoms with Crippen molar-refractivity contribution in [2.75, 3.05) is 10.8 Å². The Morgan fingerprint density at radius 1 is 1.06 bits per heavy atom. The normalized spacial score (nSPS) is 11.8. The number of benzene rings is 2. The lowest BCUT2D eigenvalue weighted by molar-refractivity contribution is 0.588. The maximum absolute atomic E-state index is 13.6. The summed E-state index contributed by atoms with van der Waals surface area (Å²) >= 11 is 6.35. The molecule has 31 heavy (non-hydrogen) atoms. The topological polar surface area (TPSA) is 68.1 Å². The second kappa shape index (κ2) is 9.83. The first-order chi connectivity index (χ1) is 14.8. The van der Waals surface area contributed by atoms with Gasteiger partial charge in [0.1, 0.15) is 5.82 Å². The zero-order chi connectivity index (χ0) is 22.6. The number of nitrogens with zero attached hydrogens (tertiary/aromatic N) is 4. The molecule has 0 radical (unpaired) electrons. The predicted octanol–water partition coefficient (Wildman–Crippen LogP) is 5.74. The van der Waals surface area contributed by atoms with Crippen LogP contribution in [-0.2, 0) is 16.6 Å². The summed E-state index contributed by atoms with van der Waals surface area (Å²) in [5, 5.41) is 9.32. The van der Waals surface area contributed by atoms with E-state index in [1.165, 1.54) is 4.31 Å². The Hall–Kier alpha value is -2.38. The molecule has 0 saturated heterocycles. The highest BCUT2D eigenvalue weighted by Gasteiger charge is 2.28. The average Bonchev–Trinajstić information content (AvgIpc) is 3.19. The van der Waals surface area contributed by atoms with Crippen LogP contribution in [0.2, 0.25) is 5.02 Å². The molecular formula is C23H29ClN4O2S. The monoisotopic (exact) mass is 460 g/mol. The van der Waals surface area contributed by atoms with Crippen molar-refractivity contribution in [2.24, 2.45) is 0 Å². The molecule has 0 fully saturated rings. The van der Waals surface area contributed by atoms with Gasteiger partial charge in [0.25, 0.3) is 10.0 Å². The zero-order valence-corrected chi connectivity index (χ0v) is 20.0. The number of sulfonamides is 1. The van der Waals surface area contributed by atoms with Crippen LogP contribution in [0.3, 0.4) is 0 Å². The molecule has 0 unspecified atom stereocenters. The van der Waals surface area contributed by atoms with Crippen LogP contribution in [0.25, 0.3) is 11.4 Å². The molecule has 0 aliphatic carbocycles. The molecule has 8 heteroatoms. The number of hydrogen-bond donors (Lipinski definition) is 0. The molecule has 0 aliphatic rings. The van der Waals surface area contributed by atoms with Crippen molar-refractivity contribution in [3.8, 4) is 11.4 Å². The lowest BCUT2D eigenvalue weighted by Gasteiger charge is -2.27. The van der Waals surface area contributed by atoms with E-state index in [0.717, 1.165) is 18.7 Å². The van der Waals surface area contributed by atoms with E-state index in [1.54, 1.807) is 48.5 Å². The average molecular weight is 461 g/mol. The van der Waals surface area contributed by atoms with Gasteiger partial charge in [-0.05, 0) is 43.7 Å². The van der Waals surface area contributed by atoms with Crippen molar-refractivity contribution in [2.45, 2.75) is 57.9 Å². The van der Waals surface area contributed by atoms with E-state index in [1.807, 2.05) is 18.4 Å². The fraction of sp³-hybridized carbons (Fsp3) is 0.391. The Morgan fingerprint density at radius 2 is 1.77 bits per heavy atom. The number of aromatic nitrogens is 3. The van der Waals surface area contributed by atoms with Gasteiger partial charge in [0.05, 0.1) is 10.6 Å². The van der Waals surface area contributed by atoms with Crippen molar-refractivity contribution in [3.63, 3.8) is 0 Å². The molecule has 0 atom stereocenters. The fourth-order valence-electron chi connectivity index (χ4n) is 3.55. The van der Waals surface area contributed by atoms with Crippen LogP contribution in [0.5, 0.6) is 0 Å². The molecule has 2 aromatic carbocycles. The first-order valence-electron chi connectivity index (χ1n) is 10.6. The van der Waals surface area contributed by atoms with Gasteiger partial charge in [0, 0.05) is 29.6 Å². The molecule has 6 nitrogen and oxygen atoms in total. The van der Waals surface area contributed by atoms with E-state index >= 15 is 0 Å². The van der Waals surface area contributed by atoms with E-state index in [2.05, 4.69) is 24.0 Å². The van der Waals surface area contributed by atoms with Crippen LogP contribution in [0, 0.1) is 0 Å². The minimum atomic E-state index is -3.77. The Morgan fingerprint density at radius 3 is 2.39 bits per heavy atom. The molecule has 3 rings (SSSR count). The van der Waals surface area contributed by atoms with Crippen LogP contribution >= 0.6 is 11.6 Å². The number of anilines is 1. The highest BCUT2D eigenvalue weighted by Crippen LogP contribution is 2.36. The molecule has 0 saturated carbocycles. The molecule has 3 aromatic rings. The van der Waals surface area contributed by atoms with E-state index in [-0.39, 0.29) is 10.8 Å². The highest BCUT2D eigenvalue weighted by atomic mass is 35.5. The molecule has 0 spiro atoms. The second-order valence-electron chi connectivity index (χ2n) is 7.69. The molecule has 0 N–H and O–H groups in total. The number of hydrogen-bond acceptors (Lipinski definition) is 4. The quantitative estimate of drug-likeness (QED) is 0.408. The second-order valence-corrected chi connectivity index (χ2v) is 9.98.